The van der Waals surface area contributed by atoms with Crippen molar-refractivity contribution in [2.75, 3.05) is 19.6 Å². The average Bonchev–Trinajstić information content (AvgIpc) is 2.63. The minimum atomic E-state index is 0.576. The van der Waals surface area contributed by atoms with Crippen LogP contribution in [0.15, 0.2) is 30.3 Å². The Morgan fingerprint density at radius 1 is 1.35 bits per heavy atom. The van der Waals surface area contributed by atoms with Crippen LogP contribution in [0.3, 0.4) is 0 Å². The summed E-state index contributed by atoms with van der Waals surface area (Å²) in [5.41, 5.74) is 3.63. The number of hydrogen-bond donors (Lipinski definition) is 1. The minimum absolute atomic E-state index is 0.576. The number of hydrogen-bond acceptors (Lipinski definition) is 3. The van der Waals surface area contributed by atoms with Crippen molar-refractivity contribution in [3.8, 4) is 0 Å². The van der Waals surface area contributed by atoms with Crippen LogP contribution in [0.2, 0.25) is 0 Å². The number of pyridine rings is 1. The lowest BCUT2D eigenvalue weighted by atomic mass is 10.1. The maximum Gasteiger partial charge on any atom is 0.0708 e. The molecule has 1 atom stereocenters. The lowest BCUT2D eigenvalue weighted by Gasteiger charge is -2.23. The summed E-state index contributed by atoms with van der Waals surface area (Å²) in [4.78, 5) is 7.19. The summed E-state index contributed by atoms with van der Waals surface area (Å²) in [6.07, 6.45) is 1.23. The van der Waals surface area contributed by atoms with Crippen molar-refractivity contribution in [3.63, 3.8) is 0 Å². The molecule has 3 heteroatoms. The van der Waals surface area contributed by atoms with E-state index in [1.807, 2.05) is 0 Å². The van der Waals surface area contributed by atoms with E-state index >= 15 is 0 Å². The van der Waals surface area contributed by atoms with Gasteiger partial charge >= 0.3 is 0 Å². The van der Waals surface area contributed by atoms with Gasteiger partial charge in [-0.05, 0) is 51.1 Å². The average molecular weight is 269 g/mol. The van der Waals surface area contributed by atoms with Crippen molar-refractivity contribution in [1.82, 2.24) is 15.2 Å². The standard InChI is InChI=1S/C17H23N3/c1-13-10-15(16-6-3-4-7-17(16)19-13)12-20-9-5-8-18-14(2)11-20/h3-4,6-7,10,14,18H,5,8-9,11-12H2,1-2H3. The van der Waals surface area contributed by atoms with Gasteiger partial charge in [0.05, 0.1) is 5.52 Å². The molecule has 1 aliphatic rings. The van der Waals surface area contributed by atoms with Gasteiger partial charge in [-0.15, -0.1) is 0 Å². The van der Waals surface area contributed by atoms with Crippen molar-refractivity contribution < 1.29 is 0 Å². The topological polar surface area (TPSA) is 28.2 Å². The fourth-order valence-electron chi connectivity index (χ4n) is 3.10. The zero-order valence-electron chi connectivity index (χ0n) is 12.4. The normalized spacial score (nSPS) is 21.0. The van der Waals surface area contributed by atoms with E-state index in [0.717, 1.165) is 30.8 Å². The molecule has 3 nitrogen and oxygen atoms in total. The number of para-hydroxylation sites is 1. The highest BCUT2D eigenvalue weighted by molar-refractivity contribution is 5.82. The molecule has 0 aliphatic carbocycles. The Morgan fingerprint density at radius 3 is 3.10 bits per heavy atom. The lowest BCUT2D eigenvalue weighted by Crippen LogP contribution is -2.35. The molecule has 106 valence electrons. The van der Waals surface area contributed by atoms with E-state index in [2.05, 4.69) is 59.4 Å². The number of rotatable bonds is 2. The molecule has 0 bridgehead atoms. The van der Waals surface area contributed by atoms with Gasteiger partial charge in [-0.3, -0.25) is 9.88 Å². The third kappa shape index (κ3) is 3.00. The highest BCUT2D eigenvalue weighted by atomic mass is 15.2. The zero-order valence-corrected chi connectivity index (χ0v) is 12.4. The smallest absolute Gasteiger partial charge is 0.0708 e. The monoisotopic (exact) mass is 269 g/mol. The predicted molar refractivity (Wildman–Crippen MR) is 83.8 cm³/mol. The van der Waals surface area contributed by atoms with Crippen LogP contribution in [0, 0.1) is 6.92 Å². The lowest BCUT2D eigenvalue weighted by molar-refractivity contribution is 0.265. The largest absolute Gasteiger partial charge is 0.313 e. The Bertz CT molecular complexity index is 594. The van der Waals surface area contributed by atoms with Crippen molar-refractivity contribution in [3.05, 3.63) is 41.6 Å². The first-order chi connectivity index (χ1) is 9.72. The number of aromatic nitrogens is 1. The Hall–Kier alpha value is -1.45. The molecule has 20 heavy (non-hydrogen) atoms. The quantitative estimate of drug-likeness (QED) is 0.908. The summed E-state index contributed by atoms with van der Waals surface area (Å²) in [6, 6.07) is 11.3. The summed E-state index contributed by atoms with van der Waals surface area (Å²) in [6.45, 7) is 8.81. The van der Waals surface area contributed by atoms with Gasteiger partial charge in [-0.1, -0.05) is 18.2 Å². The van der Waals surface area contributed by atoms with Gasteiger partial charge in [-0.25, -0.2) is 0 Å². The van der Waals surface area contributed by atoms with Gasteiger partial charge in [0.2, 0.25) is 0 Å². The molecule has 2 heterocycles. The van der Waals surface area contributed by atoms with Crippen LogP contribution in [-0.4, -0.2) is 35.6 Å². The van der Waals surface area contributed by atoms with E-state index < -0.39 is 0 Å². The molecule has 3 rings (SSSR count). The van der Waals surface area contributed by atoms with Crippen LogP contribution in [0.1, 0.15) is 24.6 Å². The molecule has 1 N–H and O–H groups in total. The number of nitrogens with zero attached hydrogens (tertiary/aromatic N) is 2. The number of fused-ring (bicyclic) bond motifs is 1. The molecule has 1 unspecified atom stereocenters. The molecular weight excluding hydrogens is 246 g/mol. The minimum Gasteiger partial charge on any atom is -0.313 e. The van der Waals surface area contributed by atoms with E-state index in [1.54, 1.807) is 0 Å². The predicted octanol–water partition coefficient (Wildman–Crippen LogP) is 2.73. The van der Waals surface area contributed by atoms with E-state index in [4.69, 9.17) is 0 Å². The van der Waals surface area contributed by atoms with Gasteiger partial charge in [-0.2, -0.15) is 0 Å². The summed E-state index contributed by atoms with van der Waals surface area (Å²) in [7, 11) is 0. The summed E-state index contributed by atoms with van der Waals surface area (Å²) in [5.74, 6) is 0. The highest BCUT2D eigenvalue weighted by Gasteiger charge is 2.15. The van der Waals surface area contributed by atoms with Gasteiger partial charge in [0.15, 0.2) is 0 Å². The van der Waals surface area contributed by atoms with Gasteiger partial charge in [0.25, 0.3) is 0 Å². The third-order valence-electron chi connectivity index (χ3n) is 4.00. The SMILES string of the molecule is Cc1cc(CN2CCCNC(C)C2)c2ccccc2n1. The molecule has 0 spiro atoms. The first-order valence-corrected chi connectivity index (χ1v) is 7.53. The molecule has 1 aromatic heterocycles. The van der Waals surface area contributed by atoms with Crippen LogP contribution in [-0.2, 0) is 6.54 Å². The maximum atomic E-state index is 4.63. The van der Waals surface area contributed by atoms with Crippen molar-refractivity contribution in [2.24, 2.45) is 0 Å². The summed E-state index contributed by atoms with van der Waals surface area (Å²) < 4.78 is 0. The van der Waals surface area contributed by atoms with Gasteiger partial charge < -0.3 is 5.32 Å². The Balaban J connectivity index is 1.89. The second-order valence-corrected chi connectivity index (χ2v) is 5.88. The van der Waals surface area contributed by atoms with Crippen molar-refractivity contribution in [2.45, 2.75) is 32.9 Å². The van der Waals surface area contributed by atoms with Crippen LogP contribution >= 0.6 is 0 Å². The fraction of sp³-hybridized carbons (Fsp3) is 0.471. The first-order valence-electron chi connectivity index (χ1n) is 7.53. The van der Waals surface area contributed by atoms with Crippen LogP contribution in [0.4, 0.5) is 0 Å². The van der Waals surface area contributed by atoms with Crippen LogP contribution < -0.4 is 5.32 Å². The summed E-state index contributed by atoms with van der Waals surface area (Å²) in [5, 5.41) is 4.85. The van der Waals surface area contributed by atoms with Gasteiger partial charge in [0, 0.05) is 30.2 Å². The second-order valence-electron chi connectivity index (χ2n) is 5.88. The number of aryl methyl sites for hydroxylation is 1. The zero-order chi connectivity index (χ0) is 13.9. The van der Waals surface area contributed by atoms with E-state index in [9.17, 15) is 0 Å². The molecule has 0 saturated carbocycles. The highest BCUT2D eigenvalue weighted by Crippen LogP contribution is 2.20. The Labute approximate surface area is 121 Å². The van der Waals surface area contributed by atoms with E-state index in [0.29, 0.717) is 6.04 Å². The molecule has 2 aromatic rings. The molecule has 0 radical (unpaired) electrons. The maximum absolute atomic E-state index is 4.63. The van der Waals surface area contributed by atoms with E-state index in [1.165, 1.54) is 23.9 Å². The van der Waals surface area contributed by atoms with Crippen LogP contribution in [0.5, 0.6) is 0 Å². The molecule has 1 aliphatic heterocycles. The molecule has 1 aromatic carbocycles. The molecule has 1 fully saturated rings. The first kappa shape index (κ1) is 13.5. The molecular formula is C17H23N3. The number of benzene rings is 1. The molecule has 0 amide bonds. The second kappa shape index (κ2) is 5.90. The van der Waals surface area contributed by atoms with Crippen LogP contribution in [0.25, 0.3) is 10.9 Å². The van der Waals surface area contributed by atoms with Crippen molar-refractivity contribution >= 4 is 10.9 Å². The Kier molecular flexibility index (Phi) is 3.99. The van der Waals surface area contributed by atoms with Crippen molar-refractivity contribution in [1.29, 1.82) is 0 Å². The van der Waals surface area contributed by atoms with Gasteiger partial charge in [0.1, 0.15) is 0 Å². The molecule has 1 saturated heterocycles. The summed E-state index contributed by atoms with van der Waals surface area (Å²) >= 11 is 0. The fourth-order valence-corrected chi connectivity index (χ4v) is 3.10. The number of nitrogens with one attached hydrogen (secondary N) is 1. The third-order valence-corrected chi connectivity index (χ3v) is 4.00. The van der Waals surface area contributed by atoms with E-state index in [-0.39, 0.29) is 0 Å². The Morgan fingerprint density at radius 2 is 2.20 bits per heavy atom.